The molecule has 9 nitrogen and oxygen atoms in total. The van der Waals surface area contributed by atoms with Crippen LogP contribution in [0.25, 0.3) is 0 Å². The van der Waals surface area contributed by atoms with Crippen LogP contribution in [0.15, 0.2) is 0 Å². The average molecular weight is 349 g/mol. The summed E-state index contributed by atoms with van der Waals surface area (Å²) in [5.41, 5.74) is 0. The second-order valence-corrected chi connectivity index (χ2v) is 5.83. The van der Waals surface area contributed by atoms with E-state index in [1.165, 1.54) is 25.6 Å². The van der Waals surface area contributed by atoms with E-state index in [9.17, 15) is 19.2 Å². The molecule has 0 aliphatic rings. The van der Waals surface area contributed by atoms with E-state index in [1.54, 1.807) is 0 Å². The van der Waals surface area contributed by atoms with Crippen molar-refractivity contribution in [2.45, 2.75) is 38.4 Å². The predicted molar refractivity (Wildman–Crippen MR) is 84.9 cm³/mol. The number of aliphatic hydroxyl groups is 1. The van der Waals surface area contributed by atoms with Crippen LogP contribution in [0, 0.1) is 0 Å². The fourth-order valence-electron chi connectivity index (χ4n) is 1.61. The first-order valence-corrected chi connectivity index (χ1v) is 8.32. The molecule has 0 fully saturated rings. The number of thioether (sulfide) groups is 1. The second-order valence-electron chi connectivity index (χ2n) is 4.85. The molecule has 0 rings (SSSR count). The number of rotatable bonds is 10. The van der Waals surface area contributed by atoms with E-state index < -0.39 is 42.5 Å². The van der Waals surface area contributed by atoms with Gasteiger partial charge in [0.15, 0.2) is 0 Å². The van der Waals surface area contributed by atoms with Gasteiger partial charge in [-0.25, -0.2) is 4.79 Å². The van der Waals surface area contributed by atoms with Crippen molar-refractivity contribution in [2.75, 3.05) is 18.6 Å². The minimum Gasteiger partial charge on any atom is -0.480 e. The number of carboxylic acid groups (broad SMARTS) is 1. The van der Waals surface area contributed by atoms with E-state index in [0.717, 1.165) is 0 Å². The van der Waals surface area contributed by atoms with Gasteiger partial charge in [-0.3, -0.25) is 14.4 Å². The zero-order valence-electron chi connectivity index (χ0n) is 13.3. The van der Waals surface area contributed by atoms with Crippen LogP contribution in [-0.2, 0) is 19.2 Å². The summed E-state index contributed by atoms with van der Waals surface area (Å²) >= 11 is 1.51. The molecule has 0 aromatic heterocycles. The highest BCUT2D eigenvalue weighted by molar-refractivity contribution is 7.98. The molecular formula is C13H23N3O6S. The Morgan fingerprint density at radius 2 is 1.65 bits per heavy atom. The monoisotopic (exact) mass is 349 g/mol. The van der Waals surface area contributed by atoms with Gasteiger partial charge >= 0.3 is 5.97 Å². The first-order chi connectivity index (χ1) is 10.7. The van der Waals surface area contributed by atoms with E-state index in [-0.39, 0.29) is 5.91 Å². The number of carboxylic acids is 1. The maximum atomic E-state index is 12.1. The van der Waals surface area contributed by atoms with Gasteiger partial charge < -0.3 is 26.2 Å². The number of aliphatic hydroxyl groups excluding tert-OH is 1. The summed E-state index contributed by atoms with van der Waals surface area (Å²) in [6, 6.07) is -3.23. The summed E-state index contributed by atoms with van der Waals surface area (Å²) in [5.74, 6) is -2.38. The van der Waals surface area contributed by atoms with Crippen molar-refractivity contribution in [1.82, 2.24) is 16.0 Å². The Hall–Kier alpha value is -1.81. The van der Waals surface area contributed by atoms with Crippen LogP contribution < -0.4 is 16.0 Å². The molecule has 3 amide bonds. The summed E-state index contributed by atoms with van der Waals surface area (Å²) in [6.45, 7) is 1.90. The standard InChI is InChI=1S/C13H23N3O6S/c1-7(11(19)16-10(6-17)13(21)22)14-12(20)9(4-5-23-3)15-8(2)18/h7,9-10,17H,4-6H2,1-3H3,(H,14,20)(H,15,18)(H,16,19)(H,21,22). The van der Waals surface area contributed by atoms with E-state index in [4.69, 9.17) is 10.2 Å². The van der Waals surface area contributed by atoms with Crippen LogP contribution >= 0.6 is 11.8 Å². The molecule has 0 saturated carbocycles. The third kappa shape index (κ3) is 8.41. The lowest BCUT2D eigenvalue weighted by molar-refractivity contribution is -0.143. The molecule has 0 aliphatic heterocycles. The highest BCUT2D eigenvalue weighted by Gasteiger charge is 2.26. The topological polar surface area (TPSA) is 145 Å². The van der Waals surface area contributed by atoms with E-state index in [1.807, 2.05) is 6.26 Å². The SMILES string of the molecule is CSCCC(NC(C)=O)C(=O)NC(C)C(=O)NC(CO)C(=O)O. The zero-order chi connectivity index (χ0) is 18.0. The van der Waals surface area contributed by atoms with Crippen molar-refractivity contribution in [3.05, 3.63) is 0 Å². The van der Waals surface area contributed by atoms with Gasteiger partial charge in [0.1, 0.15) is 18.1 Å². The summed E-state index contributed by atoms with van der Waals surface area (Å²) in [7, 11) is 0. The summed E-state index contributed by atoms with van der Waals surface area (Å²) in [4.78, 5) is 45.8. The summed E-state index contributed by atoms with van der Waals surface area (Å²) < 4.78 is 0. The van der Waals surface area contributed by atoms with Crippen LogP contribution in [-0.4, -0.2) is 70.6 Å². The van der Waals surface area contributed by atoms with Crippen LogP contribution in [0.5, 0.6) is 0 Å². The molecule has 0 spiro atoms. The zero-order valence-corrected chi connectivity index (χ0v) is 14.1. The molecule has 0 aromatic rings. The van der Waals surface area contributed by atoms with Gasteiger partial charge in [-0.05, 0) is 25.4 Å². The molecule has 0 radical (unpaired) electrons. The smallest absolute Gasteiger partial charge is 0.328 e. The highest BCUT2D eigenvalue weighted by atomic mass is 32.2. The molecule has 0 aliphatic carbocycles. The largest absolute Gasteiger partial charge is 0.480 e. The van der Waals surface area contributed by atoms with Crippen molar-refractivity contribution >= 4 is 35.5 Å². The fraction of sp³-hybridized carbons (Fsp3) is 0.692. The third-order valence-corrected chi connectivity index (χ3v) is 3.50. The van der Waals surface area contributed by atoms with Gasteiger partial charge in [0, 0.05) is 6.92 Å². The molecule has 0 bridgehead atoms. The minimum atomic E-state index is -1.44. The maximum absolute atomic E-state index is 12.1. The molecule has 3 unspecified atom stereocenters. The predicted octanol–water partition coefficient (Wildman–Crippen LogP) is -1.69. The van der Waals surface area contributed by atoms with Gasteiger partial charge in [-0.15, -0.1) is 0 Å². The maximum Gasteiger partial charge on any atom is 0.328 e. The first-order valence-electron chi connectivity index (χ1n) is 6.93. The number of aliphatic carboxylic acids is 1. The van der Waals surface area contributed by atoms with Gasteiger partial charge in [0.05, 0.1) is 6.61 Å². The van der Waals surface area contributed by atoms with Crippen LogP contribution in [0.2, 0.25) is 0 Å². The number of amides is 3. The van der Waals surface area contributed by atoms with Crippen LogP contribution in [0.3, 0.4) is 0 Å². The lowest BCUT2D eigenvalue weighted by Crippen LogP contribution is -2.55. The Balaban J connectivity index is 4.66. The second kappa shape index (κ2) is 10.8. The van der Waals surface area contributed by atoms with Crippen LogP contribution in [0.4, 0.5) is 0 Å². The van der Waals surface area contributed by atoms with Crippen LogP contribution in [0.1, 0.15) is 20.3 Å². The molecule has 0 aromatic carbocycles. The Morgan fingerprint density at radius 1 is 1.04 bits per heavy atom. The van der Waals surface area contributed by atoms with Gasteiger partial charge in [-0.2, -0.15) is 11.8 Å². The normalized spacial score (nSPS) is 14.3. The average Bonchev–Trinajstić information content (AvgIpc) is 2.47. The van der Waals surface area contributed by atoms with Crippen molar-refractivity contribution in [3.63, 3.8) is 0 Å². The number of carbonyl (C=O) groups excluding carboxylic acids is 3. The Labute approximate surface area is 138 Å². The Kier molecular flexibility index (Phi) is 9.99. The Bertz CT molecular complexity index is 445. The number of hydrogen-bond acceptors (Lipinski definition) is 6. The molecule has 132 valence electrons. The lowest BCUT2D eigenvalue weighted by Gasteiger charge is -2.21. The molecular weight excluding hydrogens is 326 g/mol. The van der Waals surface area contributed by atoms with E-state index in [0.29, 0.717) is 12.2 Å². The molecule has 0 heterocycles. The molecule has 3 atom stereocenters. The number of hydrogen-bond donors (Lipinski definition) is 5. The molecule has 5 N–H and O–H groups in total. The quantitative estimate of drug-likeness (QED) is 0.316. The lowest BCUT2D eigenvalue weighted by atomic mass is 10.2. The van der Waals surface area contributed by atoms with Crippen molar-refractivity contribution in [3.8, 4) is 0 Å². The summed E-state index contributed by atoms with van der Waals surface area (Å²) in [6.07, 6.45) is 2.26. The first kappa shape index (κ1) is 21.2. The Morgan fingerprint density at radius 3 is 2.09 bits per heavy atom. The van der Waals surface area contributed by atoms with Gasteiger partial charge in [0.2, 0.25) is 17.7 Å². The number of carbonyl (C=O) groups is 4. The minimum absolute atomic E-state index is 0.366. The molecule has 0 saturated heterocycles. The van der Waals surface area contributed by atoms with Crippen molar-refractivity contribution in [2.24, 2.45) is 0 Å². The van der Waals surface area contributed by atoms with Gasteiger partial charge in [0.25, 0.3) is 0 Å². The van der Waals surface area contributed by atoms with Gasteiger partial charge in [-0.1, -0.05) is 0 Å². The van der Waals surface area contributed by atoms with Crippen molar-refractivity contribution in [1.29, 1.82) is 0 Å². The highest BCUT2D eigenvalue weighted by Crippen LogP contribution is 2.02. The van der Waals surface area contributed by atoms with E-state index >= 15 is 0 Å². The van der Waals surface area contributed by atoms with E-state index in [2.05, 4.69) is 16.0 Å². The third-order valence-electron chi connectivity index (χ3n) is 2.85. The number of nitrogens with one attached hydrogen (secondary N) is 3. The van der Waals surface area contributed by atoms with Crippen molar-refractivity contribution < 1.29 is 29.4 Å². The molecule has 10 heteroatoms. The summed E-state index contributed by atoms with van der Waals surface area (Å²) in [5, 5.41) is 24.6. The molecule has 23 heavy (non-hydrogen) atoms. The fourth-order valence-corrected chi connectivity index (χ4v) is 2.08.